The number of benzene rings is 1. The Hall–Kier alpha value is -2.17. The molecule has 5 heteroatoms. The normalized spacial score (nSPS) is 17.3. The predicted octanol–water partition coefficient (Wildman–Crippen LogP) is 1.32. The van der Waals surface area contributed by atoms with Gasteiger partial charge in [0.2, 0.25) is 11.8 Å². The quantitative estimate of drug-likeness (QED) is 0.772. The van der Waals surface area contributed by atoms with E-state index in [-0.39, 0.29) is 30.7 Å². The zero-order valence-corrected chi connectivity index (χ0v) is 12.7. The van der Waals surface area contributed by atoms with Gasteiger partial charge in [-0.1, -0.05) is 30.3 Å². The van der Waals surface area contributed by atoms with E-state index in [0.717, 1.165) is 25.5 Å². The number of hydrogen-bond acceptors (Lipinski definition) is 3. The first-order valence-corrected chi connectivity index (χ1v) is 7.76. The van der Waals surface area contributed by atoms with Gasteiger partial charge in [-0.05, 0) is 24.8 Å². The lowest BCUT2D eigenvalue weighted by molar-refractivity contribution is -0.136. The van der Waals surface area contributed by atoms with Gasteiger partial charge >= 0.3 is 0 Å². The first-order chi connectivity index (χ1) is 10.7. The third kappa shape index (κ3) is 4.69. The second kappa shape index (κ2) is 8.32. The molecule has 1 atom stereocenters. The highest BCUT2D eigenvalue weighted by atomic mass is 16.2. The lowest BCUT2D eigenvalue weighted by Crippen LogP contribution is -2.37. The van der Waals surface area contributed by atoms with Gasteiger partial charge < -0.3 is 15.0 Å². The summed E-state index contributed by atoms with van der Waals surface area (Å²) in [6.07, 6.45) is 3.54. The molecular weight excluding hydrogens is 280 g/mol. The Labute approximate surface area is 130 Å². The number of hydrogen-bond donors (Lipinski definition) is 1. The van der Waals surface area contributed by atoms with Gasteiger partial charge in [0.05, 0.1) is 6.04 Å². The minimum atomic E-state index is -0.298. The van der Waals surface area contributed by atoms with E-state index in [1.54, 1.807) is 4.90 Å². The first-order valence-electron chi connectivity index (χ1n) is 7.76. The van der Waals surface area contributed by atoms with Gasteiger partial charge in [0.25, 0.3) is 0 Å². The number of likely N-dealkylation sites (tertiary alicyclic amines) is 1. The number of carbonyl (C=O) groups excluding carboxylic acids is 3. The molecule has 0 radical (unpaired) electrons. The second-order valence-corrected chi connectivity index (χ2v) is 5.52. The second-order valence-electron chi connectivity index (χ2n) is 5.52. The molecular formula is C17H22N2O3. The van der Waals surface area contributed by atoms with Crippen molar-refractivity contribution >= 4 is 18.1 Å². The number of nitrogens with one attached hydrogen (secondary N) is 1. The van der Waals surface area contributed by atoms with Crippen molar-refractivity contribution in [1.82, 2.24) is 10.2 Å². The maximum Gasteiger partial charge on any atom is 0.223 e. The van der Waals surface area contributed by atoms with Crippen molar-refractivity contribution in [2.75, 3.05) is 13.1 Å². The molecule has 118 valence electrons. The van der Waals surface area contributed by atoms with Crippen LogP contribution in [0.3, 0.4) is 0 Å². The van der Waals surface area contributed by atoms with E-state index >= 15 is 0 Å². The molecule has 5 nitrogen and oxygen atoms in total. The summed E-state index contributed by atoms with van der Waals surface area (Å²) in [5.41, 5.74) is 1.17. The molecule has 1 aliphatic rings. The third-order valence-corrected chi connectivity index (χ3v) is 3.92. The molecule has 1 aromatic carbocycles. The fourth-order valence-electron chi connectivity index (χ4n) is 2.69. The predicted molar refractivity (Wildman–Crippen MR) is 83.2 cm³/mol. The molecule has 0 bridgehead atoms. The molecule has 0 aliphatic carbocycles. The lowest BCUT2D eigenvalue weighted by Gasteiger charge is -2.20. The Morgan fingerprint density at radius 3 is 2.73 bits per heavy atom. The number of aldehydes is 1. The number of rotatable bonds is 7. The molecule has 0 saturated carbocycles. The number of carbonyl (C=O) groups is 3. The monoisotopic (exact) mass is 302 g/mol. The van der Waals surface area contributed by atoms with E-state index in [9.17, 15) is 14.4 Å². The van der Waals surface area contributed by atoms with Crippen molar-refractivity contribution in [2.45, 2.75) is 38.1 Å². The zero-order chi connectivity index (χ0) is 15.8. The van der Waals surface area contributed by atoms with Crippen molar-refractivity contribution in [3.05, 3.63) is 35.9 Å². The van der Waals surface area contributed by atoms with E-state index in [1.807, 2.05) is 30.3 Å². The van der Waals surface area contributed by atoms with E-state index in [1.165, 1.54) is 5.56 Å². The number of nitrogens with zero attached hydrogens (tertiary/aromatic N) is 1. The summed E-state index contributed by atoms with van der Waals surface area (Å²) in [6, 6.07) is 9.63. The summed E-state index contributed by atoms with van der Waals surface area (Å²) >= 11 is 0. The van der Waals surface area contributed by atoms with Crippen LogP contribution in [0.15, 0.2) is 30.3 Å². The summed E-state index contributed by atoms with van der Waals surface area (Å²) in [5.74, 6) is -0.223. The molecule has 1 N–H and O–H groups in total. The van der Waals surface area contributed by atoms with Crippen LogP contribution in [0, 0.1) is 0 Å². The summed E-state index contributed by atoms with van der Waals surface area (Å²) in [6.45, 7) is 1.19. The molecule has 0 unspecified atom stereocenters. The number of amides is 2. The molecule has 0 aromatic heterocycles. The Bertz CT molecular complexity index is 516. The van der Waals surface area contributed by atoms with Crippen LogP contribution < -0.4 is 5.32 Å². The summed E-state index contributed by atoms with van der Waals surface area (Å²) < 4.78 is 0. The molecule has 2 amide bonds. The van der Waals surface area contributed by atoms with Gasteiger partial charge in [-0.25, -0.2) is 0 Å². The molecule has 0 spiro atoms. The zero-order valence-electron chi connectivity index (χ0n) is 12.7. The van der Waals surface area contributed by atoms with Gasteiger partial charge in [-0.3, -0.25) is 9.59 Å². The van der Waals surface area contributed by atoms with Crippen LogP contribution in [0.25, 0.3) is 0 Å². The molecule has 1 saturated heterocycles. The molecule has 22 heavy (non-hydrogen) atoms. The Balaban J connectivity index is 1.65. The maximum atomic E-state index is 12.0. The van der Waals surface area contributed by atoms with Crippen LogP contribution in [0.4, 0.5) is 0 Å². The highest BCUT2D eigenvalue weighted by Gasteiger charge is 2.27. The fourth-order valence-corrected chi connectivity index (χ4v) is 2.69. The largest absolute Gasteiger partial charge is 0.356 e. The Kier molecular flexibility index (Phi) is 6.13. The summed E-state index contributed by atoms with van der Waals surface area (Å²) in [7, 11) is 0. The average Bonchev–Trinajstić information content (AvgIpc) is 3.02. The molecule has 1 aromatic rings. The topological polar surface area (TPSA) is 66.5 Å². The van der Waals surface area contributed by atoms with Gasteiger partial charge in [0.1, 0.15) is 6.29 Å². The SMILES string of the molecule is O=C[C@@H]1CCCN1C(=O)CCC(=O)NCCc1ccccc1. The molecule has 1 aliphatic heterocycles. The van der Waals surface area contributed by atoms with Crippen LogP contribution in [0.2, 0.25) is 0 Å². The minimum absolute atomic E-state index is 0.104. The molecule has 1 fully saturated rings. The Morgan fingerprint density at radius 2 is 2.00 bits per heavy atom. The smallest absolute Gasteiger partial charge is 0.223 e. The van der Waals surface area contributed by atoms with E-state index < -0.39 is 0 Å². The fraction of sp³-hybridized carbons (Fsp3) is 0.471. The van der Waals surface area contributed by atoms with Crippen LogP contribution >= 0.6 is 0 Å². The summed E-state index contributed by atoms with van der Waals surface area (Å²) in [4.78, 5) is 36.2. The van der Waals surface area contributed by atoms with Crippen LogP contribution in [0.1, 0.15) is 31.2 Å². The van der Waals surface area contributed by atoms with Crippen molar-refractivity contribution in [2.24, 2.45) is 0 Å². The van der Waals surface area contributed by atoms with Crippen molar-refractivity contribution in [1.29, 1.82) is 0 Å². The van der Waals surface area contributed by atoms with Gasteiger partial charge in [0, 0.05) is 25.9 Å². The van der Waals surface area contributed by atoms with Crippen molar-refractivity contribution < 1.29 is 14.4 Å². The highest BCUT2D eigenvalue weighted by molar-refractivity contribution is 5.85. The van der Waals surface area contributed by atoms with E-state index in [0.29, 0.717) is 13.1 Å². The average molecular weight is 302 g/mol. The van der Waals surface area contributed by atoms with Crippen LogP contribution in [-0.2, 0) is 20.8 Å². The summed E-state index contributed by atoms with van der Waals surface area (Å²) in [5, 5.41) is 2.82. The van der Waals surface area contributed by atoms with Gasteiger partial charge in [-0.2, -0.15) is 0 Å². The van der Waals surface area contributed by atoms with Gasteiger partial charge in [-0.15, -0.1) is 0 Å². The standard InChI is InChI=1S/C17H22N2O3/c20-13-15-7-4-12-19(15)17(22)9-8-16(21)18-11-10-14-5-2-1-3-6-14/h1-3,5-6,13,15H,4,7-12H2,(H,18,21)/t15-/m0/s1. The lowest BCUT2D eigenvalue weighted by atomic mass is 10.1. The van der Waals surface area contributed by atoms with Crippen LogP contribution in [-0.4, -0.2) is 42.1 Å². The Morgan fingerprint density at radius 1 is 1.23 bits per heavy atom. The molecule has 1 heterocycles. The highest BCUT2D eigenvalue weighted by Crippen LogP contribution is 2.16. The first kappa shape index (κ1) is 16.2. The van der Waals surface area contributed by atoms with Crippen molar-refractivity contribution in [3.63, 3.8) is 0 Å². The maximum absolute atomic E-state index is 12.0. The van der Waals surface area contributed by atoms with Crippen LogP contribution in [0.5, 0.6) is 0 Å². The minimum Gasteiger partial charge on any atom is -0.356 e. The van der Waals surface area contributed by atoms with Gasteiger partial charge in [0.15, 0.2) is 0 Å². The van der Waals surface area contributed by atoms with E-state index in [4.69, 9.17) is 0 Å². The van der Waals surface area contributed by atoms with E-state index in [2.05, 4.69) is 5.32 Å². The molecule has 2 rings (SSSR count). The van der Waals surface area contributed by atoms with Crippen molar-refractivity contribution in [3.8, 4) is 0 Å². The third-order valence-electron chi connectivity index (χ3n) is 3.92.